The lowest BCUT2D eigenvalue weighted by Crippen LogP contribution is -2.40. The molecule has 1 heterocycles. The van der Waals surface area contributed by atoms with Crippen molar-refractivity contribution in [2.45, 2.75) is 45.9 Å². The molecule has 4 nitrogen and oxygen atoms in total. The molecular weight excluding hydrogens is 228 g/mol. The average molecular weight is 250 g/mol. The average Bonchev–Trinajstić information content (AvgIpc) is 2.27. The molecule has 1 aromatic rings. The highest BCUT2D eigenvalue weighted by molar-refractivity contribution is 5.75. The Bertz CT molecular complexity index is 385. The van der Waals surface area contributed by atoms with Crippen LogP contribution in [0.2, 0.25) is 0 Å². The lowest BCUT2D eigenvalue weighted by molar-refractivity contribution is -0.160. The minimum absolute atomic E-state index is 0.207. The van der Waals surface area contributed by atoms with Crippen LogP contribution in [0, 0.1) is 0 Å². The molecule has 100 valence electrons. The summed E-state index contributed by atoms with van der Waals surface area (Å²) in [5.41, 5.74) is 0.493. The van der Waals surface area contributed by atoms with E-state index in [0.29, 0.717) is 6.54 Å². The Hall–Kier alpha value is -1.42. The van der Waals surface area contributed by atoms with Gasteiger partial charge in [0.05, 0.1) is 5.69 Å². The minimum Gasteiger partial charge on any atom is -0.459 e. The van der Waals surface area contributed by atoms with E-state index in [-0.39, 0.29) is 12.0 Å². The van der Waals surface area contributed by atoms with Crippen LogP contribution in [0.1, 0.15) is 33.4 Å². The molecule has 1 rings (SSSR count). The number of carbonyl (C=O) groups is 1. The number of aromatic nitrogens is 1. The summed E-state index contributed by atoms with van der Waals surface area (Å²) >= 11 is 0. The van der Waals surface area contributed by atoms with Gasteiger partial charge < -0.3 is 4.74 Å². The molecule has 1 aromatic heterocycles. The quantitative estimate of drug-likeness (QED) is 0.769. The second kappa shape index (κ2) is 5.96. The summed E-state index contributed by atoms with van der Waals surface area (Å²) in [6.07, 6.45) is 1.75. The van der Waals surface area contributed by atoms with Crippen molar-refractivity contribution < 1.29 is 9.53 Å². The summed E-state index contributed by atoms with van der Waals surface area (Å²) in [6.45, 7) is 8.08. The predicted molar refractivity (Wildman–Crippen MR) is 71.0 cm³/mol. The van der Waals surface area contributed by atoms with Crippen molar-refractivity contribution in [3.05, 3.63) is 30.1 Å². The third kappa shape index (κ3) is 4.84. The monoisotopic (exact) mass is 250 g/mol. The van der Waals surface area contributed by atoms with Crippen molar-refractivity contribution >= 4 is 5.97 Å². The molecule has 18 heavy (non-hydrogen) atoms. The van der Waals surface area contributed by atoms with E-state index < -0.39 is 5.60 Å². The van der Waals surface area contributed by atoms with Gasteiger partial charge in [0.25, 0.3) is 0 Å². The molecule has 0 radical (unpaired) electrons. The summed E-state index contributed by atoms with van der Waals surface area (Å²) in [7, 11) is 1.89. The van der Waals surface area contributed by atoms with Crippen LogP contribution < -0.4 is 0 Å². The number of hydrogen-bond donors (Lipinski definition) is 0. The molecular formula is C14H22N2O2. The summed E-state index contributed by atoms with van der Waals surface area (Å²) in [6, 6.07) is 5.47. The zero-order valence-corrected chi connectivity index (χ0v) is 11.8. The molecule has 0 aliphatic carbocycles. The van der Waals surface area contributed by atoms with Gasteiger partial charge in [0, 0.05) is 12.7 Å². The van der Waals surface area contributed by atoms with E-state index in [0.717, 1.165) is 5.69 Å². The first-order valence-electron chi connectivity index (χ1n) is 6.12. The fraction of sp³-hybridized carbons (Fsp3) is 0.571. The van der Waals surface area contributed by atoms with Gasteiger partial charge in [0.15, 0.2) is 0 Å². The van der Waals surface area contributed by atoms with E-state index in [1.165, 1.54) is 0 Å². The smallest absolute Gasteiger partial charge is 0.323 e. The second-order valence-electron chi connectivity index (χ2n) is 5.45. The highest BCUT2D eigenvalue weighted by atomic mass is 16.6. The second-order valence-corrected chi connectivity index (χ2v) is 5.45. The normalized spacial score (nSPS) is 13.4. The summed E-state index contributed by atoms with van der Waals surface area (Å²) < 4.78 is 5.36. The van der Waals surface area contributed by atoms with Gasteiger partial charge in [-0.25, -0.2) is 0 Å². The number of likely N-dealkylation sites (N-methyl/N-ethyl adjacent to an activating group) is 1. The molecule has 0 spiro atoms. The zero-order chi connectivity index (χ0) is 13.8. The number of nitrogens with zero attached hydrogens (tertiary/aromatic N) is 2. The molecule has 0 aliphatic heterocycles. The molecule has 0 N–H and O–H groups in total. The Balaban J connectivity index is 2.56. The van der Waals surface area contributed by atoms with Gasteiger partial charge >= 0.3 is 5.97 Å². The maximum Gasteiger partial charge on any atom is 0.323 e. The molecule has 0 amide bonds. The van der Waals surface area contributed by atoms with Crippen LogP contribution >= 0.6 is 0 Å². The first-order chi connectivity index (χ1) is 8.29. The van der Waals surface area contributed by atoms with E-state index in [1.54, 1.807) is 6.20 Å². The van der Waals surface area contributed by atoms with Crippen molar-refractivity contribution in [2.75, 3.05) is 7.05 Å². The molecule has 0 fully saturated rings. The van der Waals surface area contributed by atoms with Crippen molar-refractivity contribution in [3.63, 3.8) is 0 Å². The fourth-order valence-electron chi connectivity index (χ4n) is 1.45. The van der Waals surface area contributed by atoms with E-state index in [4.69, 9.17) is 4.74 Å². The molecule has 0 saturated heterocycles. The molecule has 0 unspecified atom stereocenters. The molecule has 1 atom stereocenters. The van der Waals surface area contributed by atoms with Crippen LogP contribution in [0.15, 0.2) is 24.4 Å². The number of esters is 1. The maximum absolute atomic E-state index is 11.9. The minimum atomic E-state index is -0.447. The Kier molecular flexibility index (Phi) is 4.84. The highest BCUT2D eigenvalue weighted by Gasteiger charge is 2.24. The third-order valence-electron chi connectivity index (χ3n) is 2.55. The number of hydrogen-bond acceptors (Lipinski definition) is 4. The van der Waals surface area contributed by atoms with Crippen LogP contribution in [0.25, 0.3) is 0 Å². The van der Waals surface area contributed by atoms with Crippen LogP contribution in [0.5, 0.6) is 0 Å². The summed E-state index contributed by atoms with van der Waals surface area (Å²) in [5, 5.41) is 0. The van der Waals surface area contributed by atoms with Gasteiger partial charge in [0.1, 0.15) is 11.6 Å². The Morgan fingerprint density at radius 2 is 2.11 bits per heavy atom. The lowest BCUT2D eigenvalue weighted by Gasteiger charge is -2.27. The zero-order valence-electron chi connectivity index (χ0n) is 11.8. The number of rotatable bonds is 4. The Morgan fingerprint density at radius 3 is 2.61 bits per heavy atom. The van der Waals surface area contributed by atoms with E-state index in [9.17, 15) is 4.79 Å². The van der Waals surface area contributed by atoms with Crippen LogP contribution in [-0.2, 0) is 16.1 Å². The lowest BCUT2D eigenvalue weighted by atomic mass is 10.2. The van der Waals surface area contributed by atoms with Crippen molar-refractivity contribution in [1.29, 1.82) is 0 Å². The Labute approximate surface area is 109 Å². The number of ether oxygens (including phenoxy) is 1. The first-order valence-corrected chi connectivity index (χ1v) is 6.12. The molecule has 4 heteroatoms. The first kappa shape index (κ1) is 14.6. The molecule has 0 aromatic carbocycles. The standard InChI is InChI=1S/C14H22N2O2/c1-11(13(17)18-14(2,3)4)16(5)10-12-8-6-7-9-15-12/h6-9,11H,10H2,1-5H3/t11-/m1/s1. The highest BCUT2D eigenvalue weighted by Crippen LogP contribution is 2.11. The summed E-state index contributed by atoms with van der Waals surface area (Å²) in [5.74, 6) is -0.207. The van der Waals surface area contributed by atoms with Gasteiger partial charge in [0.2, 0.25) is 0 Å². The predicted octanol–water partition coefficient (Wildman–Crippen LogP) is 2.24. The molecule has 0 saturated carbocycles. The maximum atomic E-state index is 11.9. The topological polar surface area (TPSA) is 42.4 Å². The van der Waals surface area contributed by atoms with Gasteiger partial charge in [-0.2, -0.15) is 0 Å². The van der Waals surface area contributed by atoms with Gasteiger partial charge in [-0.15, -0.1) is 0 Å². The van der Waals surface area contributed by atoms with Crippen molar-refractivity contribution in [2.24, 2.45) is 0 Å². The van der Waals surface area contributed by atoms with E-state index in [2.05, 4.69) is 4.98 Å². The number of pyridine rings is 1. The van der Waals surface area contributed by atoms with Crippen molar-refractivity contribution in [3.8, 4) is 0 Å². The van der Waals surface area contributed by atoms with Crippen molar-refractivity contribution in [1.82, 2.24) is 9.88 Å². The Morgan fingerprint density at radius 1 is 1.44 bits per heavy atom. The van der Waals surface area contributed by atoms with Crippen LogP contribution in [0.4, 0.5) is 0 Å². The van der Waals surface area contributed by atoms with E-state index >= 15 is 0 Å². The largest absolute Gasteiger partial charge is 0.459 e. The summed E-state index contributed by atoms with van der Waals surface area (Å²) in [4.78, 5) is 18.1. The fourth-order valence-corrected chi connectivity index (χ4v) is 1.45. The SMILES string of the molecule is C[C@H](C(=O)OC(C)(C)C)N(C)Cc1ccccn1. The van der Waals surface area contributed by atoms with Crippen LogP contribution in [0.3, 0.4) is 0 Å². The molecule has 0 aliphatic rings. The number of carbonyl (C=O) groups excluding carboxylic acids is 1. The van der Waals surface area contributed by atoms with Gasteiger partial charge in [-0.05, 0) is 46.9 Å². The van der Waals surface area contributed by atoms with E-state index in [1.807, 2.05) is 57.8 Å². The van der Waals surface area contributed by atoms with Crippen LogP contribution in [-0.4, -0.2) is 34.5 Å². The molecule has 0 bridgehead atoms. The van der Waals surface area contributed by atoms with Gasteiger partial charge in [-0.1, -0.05) is 6.07 Å². The third-order valence-corrected chi connectivity index (χ3v) is 2.55. The van der Waals surface area contributed by atoms with Gasteiger partial charge in [-0.3, -0.25) is 14.7 Å².